The zero-order valence-corrected chi connectivity index (χ0v) is 8.32. The SMILES string of the molecule is CCC(Cc1nc(C)cs1)NN. The molecule has 0 aliphatic rings. The van der Waals surface area contributed by atoms with Crippen LogP contribution in [0, 0.1) is 6.92 Å². The molecule has 12 heavy (non-hydrogen) atoms. The Morgan fingerprint density at radius 3 is 2.92 bits per heavy atom. The lowest BCUT2D eigenvalue weighted by atomic mass is 10.2. The van der Waals surface area contributed by atoms with Gasteiger partial charge in [-0.2, -0.15) is 0 Å². The minimum Gasteiger partial charge on any atom is -0.271 e. The summed E-state index contributed by atoms with van der Waals surface area (Å²) in [5.41, 5.74) is 3.88. The van der Waals surface area contributed by atoms with Crippen LogP contribution in [0.3, 0.4) is 0 Å². The van der Waals surface area contributed by atoms with Gasteiger partial charge in [0.25, 0.3) is 0 Å². The summed E-state index contributed by atoms with van der Waals surface area (Å²) in [6, 6.07) is 0.357. The zero-order valence-electron chi connectivity index (χ0n) is 7.50. The van der Waals surface area contributed by atoms with E-state index in [1.54, 1.807) is 11.3 Å². The van der Waals surface area contributed by atoms with Gasteiger partial charge in [-0.25, -0.2) is 4.98 Å². The number of aryl methyl sites for hydroxylation is 1. The van der Waals surface area contributed by atoms with Gasteiger partial charge in [-0.1, -0.05) is 6.92 Å². The number of hydrogen-bond acceptors (Lipinski definition) is 4. The highest BCUT2D eigenvalue weighted by molar-refractivity contribution is 7.09. The van der Waals surface area contributed by atoms with Crippen molar-refractivity contribution in [2.24, 2.45) is 5.84 Å². The maximum absolute atomic E-state index is 5.36. The Kier molecular flexibility index (Phi) is 3.65. The molecule has 0 saturated heterocycles. The predicted molar refractivity (Wildman–Crippen MR) is 52.0 cm³/mol. The average molecular weight is 185 g/mol. The highest BCUT2D eigenvalue weighted by Crippen LogP contribution is 2.11. The molecule has 1 aromatic heterocycles. The lowest BCUT2D eigenvalue weighted by molar-refractivity contribution is 0.510. The van der Waals surface area contributed by atoms with E-state index in [2.05, 4.69) is 22.7 Å². The number of hydrogen-bond donors (Lipinski definition) is 2. The maximum Gasteiger partial charge on any atom is 0.0944 e. The number of nitrogens with zero attached hydrogens (tertiary/aromatic N) is 1. The van der Waals surface area contributed by atoms with E-state index in [1.165, 1.54) is 0 Å². The Morgan fingerprint density at radius 2 is 2.50 bits per heavy atom. The van der Waals surface area contributed by atoms with Crippen LogP contribution in [-0.4, -0.2) is 11.0 Å². The summed E-state index contributed by atoms with van der Waals surface area (Å²) in [5, 5.41) is 3.23. The van der Waals surface area contributed by atoms with E-state index in [1.807, 2.05) is 6.92 Å². The van der Waals surface area contributed by atoms with E-state index in [0.29, 0.717) is 6.04 Å². The third-order valence-electron chi connectivity index (χ3n) is 1.82. The van der Waals surface area contributed by atoms with Gasteiger partial charge in [-0.3, -0.25) is 11.3 Å². The smallest absolute Gasteiger partial charge is 0.0944 e. The Hall–Kier alpha value is -0.450. The summed E-state index contributed by atoms with van der Waals surface area (Å²) in [7, 11) is 0. The van der Waals surface area contributed by atoms with E-state index in [0.717, 1.165) is 23.5 Å². The number of nitrogens with one attached hydrogen (secondary N) is 1. The van der Waals surface area contributed by atoms with Gasteiger partial charge >= 0.3 is 0 Å². The van der Waals surface area contributed by atoms with Crippen LogP contribution in [0.2, 0.25) is 0 Å². The number of nitrogens with two attached hydrogens (primary N) is 1. The molecule has 0 spiro atoms. The van der Waals surface area contributed by atoms with Crippen LogP contribution < -0.4 is 11.3 Å². The van der Waals surface area contributed by atoms with Crippen LogP contribution in [0.1, 0.15) is 24.0 Å². The number of aromatic nitrogens is 1. The molecule has 1 rings (SSSR count). The molecule has 1 unspecified atom stereocenters. The Bertz CT molecular complexity index is 230. The van der Waals surface area contributed by atoms with E-state index in [9.17, 15) is 0 Å². The second-order valence-electron chi connectivity index (χ2n) is 2.86. The summed E-state index contributed by atoms with van der Waals surface area (Å²) >= 11 is 1.70. The predicted octanol–water partition coefficient (Wildman–Crippen LogP) is 1.24. The van der Waals surface area contributed by atoms with Crippen molar-refractivity contribution in [2.75, 3.05) is 0 Å². The second kappa shape index (κ2) is 4.54. The van der Waals surface area contributed by atoms with Crippen LogP contribution >= 0.6 is 11.3 Å². The molecule has 0 fully saturated rings. The van der Waals surface area contributed by atoms with Crippen molar-refractivity contribution in [3.05, 3.63) is 16.1 Å². The Balaban J connectivity index is 2.50. The quantitative estimate of drug-likeness (QED) is 0.548. The van der Waals surface area contributed by atoms with Gasteiger partial charge < -0.3 is 0 Å². The minimum absolute atomic E-state index is 0.357. The fourth-order valence-corrected chi connectivity index (χ4v) is 1.88. The van der Waals surface area contributed by atoms with Crippen molar-refractivity contribution in [3.8, 4) is 0 Å². The standard InChI is InChI=1S/C8H15N3S/c1-3-7(11-9)4-8-10-6(2)5-12-8/h5,7,11H,3-4,9H2,1-2H3. The molecule has 68 valence electrons. The van der Waals surface area contributed by atoms with E-state index < -0.39 is 0 Å². The first-order chi connectivity index (χ1) is 5.76. The Morgan fingerprint density at radius 1 is 1.75 bits per heavy atom. The summed E-state index contributed by atoms with van der Waals surface area (Å²) in [6.07, 6.45) is 1.97. The Labute approximate surface area is 77.0 Å². The third kappa shape index (κ3) is 2.55. The molecule has 1 heterocycles. The normalized spacial score (nSPS) is 13.2. The third-order valence-corrected chi connectivity index (χ3v) is 2.81. The van der Waals surface area contributed by atoms with E-state index in [4.69, 9.17) is 5.84 Å². The largest absolute Gasteiger partial charge is 0.271 e. The molecule has 3 nitrogen and oxygen atoms in total. The highest BCUT2D eigenvalue weighted by Gasteiger charge is 2.06. The molecule has 0 bridgehead atoms. The molecule has 1 aromatic rings. The van der Waals surface area contributed by atoms with Crippen molar-refractivity contribution >= 4 is 11.3 Å². The fraction of sp³-hybridized carbons (Fsp3) is 0.625. The zero-order chi connectivity index (χ0) is 8.97. The first kappa shape index (κ1) is 9.64. The van der Waals surface area contributed by atoms with Crippen molar-refractivity contribution in [2.45, 2.75) is 32.7 Å². The first-order valence-corrected chi connectivity index (χ1v) is 5.01. The van der Waals surface area contributed by atoms with Crippen molar-refractivity contribution < 1.29 is 0 Å². The first-order valence-electron chi connectivity index (χ1n) is 4.13. The minimum atomic E-state index is 0.357. The van der Waals surface area contributed by atoms with Crippen molar-refractivity contribution in [1.82, 2.24) is 10.4 Å². The highest BCUT2D eigenvalue weighted by atomic mass is 32.1. The van der Waals surface area contributed by atoms with Gasteiger partial charge in [0, 0.05) is 23.5 Å². The van der Waals surface area contributed by atoms with Gasteiger partial charge in [0.05, 0.1) is 5.01 Å². The van der Waals surface area contributed by atoms with Crippen molar-refractivity contribution in [3.63, 3.8) is 0 Å². The van der Waals surface area contributed by atoms with Gasteiger partial charge in [0.2, 0.25) is 0 Å². The van der Waals surface area contributed by atoms with Gasteiger partial charge in [0.15, 0.2) is 0 Å². The summed E-state index contributed by atoms with van der Waals surface area (Å²) in [4.78, 5) is 4.37. The molecule has 0 saturated carbocycles. The summed E-state index contributed by atoms with van der Waals surface area (Å²) in [6.45, 7) is 4.13. The van der Waals surface area contributed by atoms with Gasteiger partial charge in [-0.05, 0) is 13.3 Å². The van der Waals surface area contributed by atoms with E-state index in [-0.39, 0.29) is 0 Å². The molecule has 0 amide bonds. The lowest BCUT2D eigenvalue weighted by Crippen LogP contribution is -2.36. The maximum atomic E-state index is 5.36. The fourth-order valence-electron chi connectivity index (χ4n) is 1.03. The summed E-state index contributed by atoms with van der Waals surface area (Å²) < 4.78 is 0. The molecule has 4 heteroatoms. The van der Waals surface area contributed by atoms with Crippen LogP contribution in [0.25, 0.3) is 0 Å². The molecule has 0 radical (unpaired) electrons. The topological polar surface area (TPSA) is 50.9 Å². The molecule has 0 aliphatic carbocycles. The molecule has 0 aromatic carbocycles. The summed E-state index contributed by atoms with van der Waals surface area (Å²) in [5.74, 6) is 5.36. The molecule has 1 atom stereocenters. The molecular formula is C8H15N3S. The van der Waals surface area contributed by atoms with Crippen LogP contribution in [0.4, 0.5) is 0 Å². The number of rotatable bonds is 4. The molecular weight excluding hydrogens is 170 g/mol. The number of hydrazine groups is 1. The van der Waals surface area contributed by atoms with E-state index >= 15 is 0 Å². The van der Waals surface area contributed by atoms with Crippen LogP contribution in [0.5, 0.6) is 0 Å². The number of thiazole rings is 1. The second-order valence-corrected chi connectivity index (χ2v) is 3.80. The van der Waals surface area contributed by atoms with Crippen molar-refractivity contribution in [1.29, 1.82) is 0 Å². The van der Waals surface area contributed by atoms with Gasteiger partial charge in [-0.15, -0.1) is 11.3 Å². The van der Waals surface area contributed by atoms with Gasteiger partial charge in [0.1, 0.15) is 0 Å². The lowest BCUT2D eigenvalue weighted by Gasteiger charge is -2.10. The monoisotopic (exact) mass is 185 g/mol. The van der Waals surface area contributed by atoms with Crippen LogP contribution in [-0.2, 0) is 6.42 Å². The molecule has 3 N–H and O–H groups in total. The molecule has 0 aliphatic heterocycles. The van der Waals surface area contributed by atoms with Crippen LogP contribution in [0.15, 0.2) is 5.38 Å². The average Bonchev–Trinajstić information content (AvgIpc) is 2.47.